The van der Waals surface area contributed by atoms with Crippen LogP contribution in [0.3, 0.4) is 0 Å². The molecule has 0 aliphatic rings. The number of nitrogens with zero attached hydrogens (tertiary/aromatic N) is 2. The fraction of sp³-hybridized carbons (Fsp3) is 0.276. The van der Waals surface area contributed by atoms with Gasteiger partial charge in [-0.2, -0.15) is 13.2 Å². The number of fused-ring (bicyclic) bond motifs is 1. The summed E-state index contributed by atoms with van der Waals surface area (Å²) in [5, 5.41) is 13.6. The van der Waals surface area contributed by atoms with Crippen LogP contribution in [0.4, 0.5) is 17.6 Å². The smallest absolute Gasteiger partial charge is 0.398 e. The lowest BCUT2D eigenvalue weighted by molar-refractivity contribution is -0.149. The number of benzene rings is 2. The maximum Gasteiger partial charge on any atom is 0.398 e. The van der Waals surface area contributed by atoms with E-state index in [4.69, 9.17) is 16.3 Å². The van der Waals surface area contributed by atoms with Gasteiger partial charge in [0.25, 0.3) is 5.91 Å². The van der Waals surface area contributed by atoms with E-state index in [9.17, 15) is 27.5 Å². The van der Waals surface area contributed by atoms with Crippen molar-refractivity contribution in [2.75, 3.05) is 13.7 Å². The first-order chi connectivity index (χ1) is 18.7. The number of carbonyl (C=O) groups excluding carboxylic acids is 1. The summed E-state index contributed by atoms with van der Waals surface area (Å²) in [4.78, 5) is 21.5. The Balaban J connectivity index is 1.73. The summed E-state index contributed by atoms with van der Waals surface area (Å²) in [5.41, 5.74) is -0.462. The molecule has 0 aliphatic heterocycles. The topological polar surface area (TPSA) is 84.3 Å². The predicted molar refractivity (Wildman–Crippen MR) is 144 cm³/mol. The number of ether oxygens (including phenoxy) is 1. The number of halogens is 5. The highest BCUT2D eigenvalue weighted by Gasteiger charge is 2.43. The molecule has 2 aromatic carbocycles. The van der Waals surface area contributed by atoms with Crippen molar-refractivity contribution in [3.05, 3.63) is 88.0 Å². The minimum absolute atomic E-state index is 0.00111. The van der Waals surface area contributed by atoms with Gasteiger partial charge in [0.15, 0.2) is 0 Å². The van der Waals surface area contributed by atoms with Gasteiger partial charge in [-0.15, -0.1) is 0 Å². The number of aromatic nitrogens is 2. The molecule has 4 aromatic rings. The van der Waals surface area contributed by atoms with E-state index in [1.54, 1.807) is 12.3 Å². The minimum atomic E-state index is -4.83. The Labute approximate surface area is 233 Å². The average Bonchev–Trinajstić information content (AvgIpc) is 2.87. The maximum absolute atomic E-state index is 14.4. The van der Waals surface area contributed by atoms with E-state index < -0.39 is 41.7 Å². The molecule has 0 spiro atoms. The molecule has 4 rings (SSSR count). The largest absolute Gasteiger partial charge is 0.494 e. The number of rotatable bonds is 7. The number of pyridine rings is 2. The second-order valence-corrected chi connectivity index (χ2v) is 10.3. The molecule has 0 fully saturated rings. The molecule has 2 N–H and O–H groups in total. The van der Waals surface area contributed by atoms with Crippen LogP contribution in [0.5, 0.6) is 5.75 Å². The van der Waals surface area contributed by atoms with Gasteiger partial charge in [-0.3, -0.25) is 14.8 Å². The zero-order valence-electron chi connectivity index (χ0n) is 22.0. The first kappa shape index (κ1) is 29.2. The Bertz CT molecular complexity index is 1570. The molecular formula is C29H26ClF4N3O3. The van der Waals surface area contributed by atoms with Crippen LogP contribution in [0.1, 0.15) is 46.9 Å². The van der Waals surface area contributed by atoms with Crippen LogP contribution in [0.15, 0.2) is 54.7 Å². The lowest BCUT2D eigenvalue weighted by atomic mass is 9.92. The summed E-state index contributed by atoms with van der Waals surface area (Å²) in [6.45, 7) is 3.72. The molecule has 2 aromatic heterocycles. The van der Waals surface area contributed by atoms with Crippen LogP contribution in [0, 0.1) is 12.7 Å². The summed E-state index contributed by atoms with van der Waals surface area (Å²) in [7, 11) is 1.41. The predicted octanol–water partition coefficient (Wildman–Crippen LogP) is 6.71. The quantitative estimate of drug-likeness (QED) is 0.239. The van der Waals surface area contributed by atoms with Crippen LogP contribution < -0.4 is 10.1 Å². The van der Waals surface area contributed by atoms with E-state index in [0.717, 1.165) is 23.8 Å². The van der Waals surface area contributed by atoms with Crippen LogP contribution >= 0.6 is 11.6 Å². The van der Waals surface area contributed by atoms with Gasteiger partial charge in [-0.25, -0.2) is 4.39 Å². The molecule has 0 aliphatic carbocycles. The van der Waals surface area contributed by atoms with E-state index in [2.05, 4.69) is 15.3 Å². The highest BCUT2D eigenvalue weighted by molar-refractivity contribution is 6.34. The Morgan fingerprint density at radius 3 is 2.40 bits per heavy atom. The molecule has 210 valence electrons. The summed E-state index contributed by atoms with van der Waals surface area (Å²) >= 11 is 6.47. The zero-order valence-corrected chi connectivity index (χ0v) is 22.8. The van der Waals surface area contributed by atoms with Crippen molar-refractivity contribution in [3.63, 3.8) is 0 Å². The molecular weight excluding hydrogens is 550 g/mol. The Morgan fingerprint density at radius 2 is 1.80 bits per heavy atom. The highest BCUT2D eigenvalue weighted by Crippen LogP contribution is 2.40. The second-order valence-electron chi connectivity index (χ2n) is 9.89. The third-order valence-corrected chi connectivity index (χ3v) is 6.72. The van der Waals surface area contributed by atoms with Gasteiger partial charge in [0.2, 0.25) is 0 Å². The van der Waals surface area contributed by atoms with Gasteiger partial charge in [0.1, 0.15) is 23.0 Å². The molecule has 0 saturated heterocycles. The number of hydrogen-bond donors (Lipinski definition) is 2. The van der Waals surface area contributed by atoms with Crippen LogP contribution in [0.25, 0.3) is 22.2 Å². The average molecular weight is 576 g/mol. The van der Waals surface area contributed by atoms with Gasteiger partial charge in [0, 0.05) is 34.8 Å². The molecule has 40 heavy (non-hydrogen) atoms. The number of aliphatic hydroxyl groups is 1. The Kier molecular flexibility index (Phi) is 8.05. The number of alkyl halides is 3. The number of hydrogen-bond acceptors (Lipinski definition) is 5. The van der Waals surface area contributed by atoms with Crippen LogP contribution in [-0.4, -0.2) is 40.8 Å². The molecule has 0 saturated carbocycles. The van der Waals surface area contributed by atoms with Gasteiger partial charge in [-0.1, -0.05) is 11.6 Å². The lowest BCUT2D eigenvalue weighted by Crippen LogP contribution is -2.36. The molecule has 0 radical (unpaired) electrons. The summed E-state index contributed by atoms with van der Waals surface area (Å²) < 4.78 is 62.0. The highest BCUT2D eigenvalue weighted by atomic mass is 35.5. The molecule has 6 nitrogen and oxygen atoms in total. The third kappa shape index (κ3) is 6.18. The van der Waals surface area contributed by atoms with Crippen molar-refractivity contribution in [1.82, 2.24) is 15.3 Å². The van der Waals surface area contributed by atoms with Crippen LogP contribution in [-0.2, 0) is 5.60 Å². The molecule has 0 unspecified atom stereocenters. The van der Waals surface area contributed by atoms with Crippen molar-refractivity contribution in [2.45, 2.75) is 38.5 Å². The van der Waals surface area contributed by atoms with E-state index in [0.29, 0.717) is 16.7 Å². The second kappa shape index (κ2) is 11.0. The van der Waals surface area contributed by atoms with Crippen LogP contribution in [0.2, 0.25) is 5.02 Å². The number of amides is 1. The fourth-order valence-corrected chi connectivity index (χ4v) is 4.71. The van der Waals surface area contributed by atoms with Crippen molar-refractivity contribution < 1.29 is 32.2 Å². The van der Waals surface area contributed by atoms with Gasteiger partial charge < -0.3 is 15.2 Å². The van der Waals surface area contributed by atoms with E-state index >= 15 is 0 Å². The number of methoxy groups -OCH3 is 1. The molecule has 2 heterocycles. The Morgan fingerprint density at radius 1 is 1.12 bits per heavy atom. The molecule has 11 heteroatoms. The molecule has 1 amide bonds. The third-order valence-electron chi connectivity index (χ3n) is 6.34. The van der Waals surface area contributed by atoms with E-state index in [1.165, 1.54) is 45.2 Å². The normalized spacial score (nSPS) is 12.8. The first-order valence-electron chi connectivity index (χ1n) is 12.2. The zero-order chi connectivity index (χ0) is 29.4. The maximum atomic E-state index is 14.4. The van der Waals surface area contributed by atoms with Crippen molar-refractivity contribution in [1.29, 1.82) is 0 Å². The standard InChI is InChI=1S/C29H26ClF4N3O3/c1-15-9-17-10-18(11-23(40-4)25(17)35-13-15)27(38)36-14-21(29(32,33)34)22-12-20(28(2,3)39)24(30)26(37-22)16-5-7-19(31)8-6-16/h5-13,21,39H,14H2,1-4H3,(H,36,38)/t21-/m1/s1. The monoisotopic (exact) mass is 575 g/mol. The van der Waals surface area contributed by atoms with E-state index in [-0.39, 0.29) is 27.4 Å². The lowest BCUT2D eigenvalue weighted by Gasteiger charge is -2.26. The van der Waals surface area contributed by atoms with Gasteiger partial charge >= 0.3 is 6.18 Å². The SMILES string of the molecule is COc1cc(C(=O)NC[C@H](c2cc(C(C)(C)O)c(Cl)c(-c3ccc(F)cc3)n2)C(F)(F)F)cc2cc(C)cnc12. The van der Waals surface area contributed by atoms with Crippen molar-refractivity contribution >= 4 is 28.4 Å². The minimum Gasteiger partial charge on any atom is -0.494 e. The summed E-state index contributed by atoms with van der Waals surface area (Å²) in [6, 6.07) is 10.7. The molecule has 0 bridgehead atoms. The van der Waals surface area contributed by atoms with Crippen molar-refractivity contribution in [2.24, 2.45) is 0 Å². The number of nitrogens with one attached hydrogen (secondary N) is 1. The molecule has 1 atom stereocenters. The first-order valence-corrected chi connectivity index (χ1v) is 12.6. The fourth-order valence-electron chi connectivity index (χ4n) is 4.27. The van der Waals surface area contributed by atoms with Crippen molar-refractivity contribution in [3.8, 4) is 17.0 Å². The Hall–Kier alpha value is -3.76. The number of carbonyl (C=O) groups is 1. The van der Waals surface area contributed by atoms with Gasteiger partial charge in [-0.05, 0) is 74.9 Å². The summed E-state index contributed by atoms with van der Waals surface area (Å²) in [6.07, 6.45) is -3.19. The van der Waals surface area contributed by atoms with E-state index in [1.807, 2.05) is 6.92 Å². The van der Waals surface area contributed by atoms with Gasteiger partial charge in [0.05, 0.1) is 29.1 Å². The number of aryl methyl sites for hydroxylation is 1. The summed E-state index contributed by atoms with van der Waals surface area (Å²) in [5.74, 6) is -3.26.